The Balaban J connectivity index is 1.44. The first-order chi connectivity index (χ1) is 16.1. The number of rotatable bonds is 9. The van der Waals surface area contributed by atoms with Crippen LogP contribution in [-0.4, -0.2) is 26.4 Å². The summed E-state index contributed by atoms with van der Waals surface area (Å²) in [4.78, 5) is 12.4. The topological polar surface area (TPSA) is 71.8 Å². The molecule has 6 nitrogen and oxygen atoms in total. The lowest BCUT2D eigenvalue weighted by Gasteiger charge is -2.12. The number of aryl methyl sites for hydroxylation is 1. The molecule has 0 bridgehead atoms. The van der Waals surface area contributed by atoms with Crippen LogP contribution in [0.5, 0.6) is 0 Å². The minimum atomic E-state index is -0.0946. The number of thioether (sulfide) groups is 1. The number of hydrogen-bond donors (Lipinski definition) is 2. The van der Waals surface area contributed by atoms with Gasteiger partial charge in [-0.15, -0.1) is 10.2 Å². The number of carbonyl (C=O) groups is 1. The van der Waals surface area contributed by atoms with Crippen molar-refractivity contribution in [3.05, 3.63) is 95.3 Å². The average molecular weight is 478 g/mol. The van der Waals surface area contributed by atoms with Crippen molar-refractivity contribution >= 4 is 40.6 Å². The van der Waals surface area contributed by atoms with Gasteiger partial charge in [-0.2, -0.15) is 0 Å². The summed E-state index contributed by atoms with van der Waals surface area (Å²) in [6.45, 7) is 2.60. The fourth-order valence-corrected chi connectivity index (χ4v) is 4.39. The van der Waals surface area contributed by atoms with Gasteiger partial charge in [0.2, 0.25) is 5.91 Å². The summed E-state index contributed by atoms with van der Waals surface area (Å²) in [6, 6.07) is 25.3. The highest BCUT2D eigenvalue weighted by Crippen LogP contribution is 2.25. The number of aromatic nitrogens is 3. The number of amides is 1. The number of nitrogens with zero attached hydrogens (tertiary/aromatic N) is 3. The van der Waals surface area contributed by atoms with E-state index in [0.717, 1.165) is 22.4 Å². The van der Waals surface area contributed by atoms with E-state index >= 15 is 0 Å². The molecule has 8 heteroatoms. The van der Waals surface area contributed by atoms with Gasteiger partial charge in [-0.05, 0) is 42.8 Å². The molecule has 0 spiro atoms. The third-order valence-electron chi connectivity index (χ3n) is 5.01. The quantitative estimate of drug-likeness (QED) is 0.291. The summed E-state index contributed by atoms with van der Waals surface area (Å²) in [6.07, 6.45) is 0.328. The second kappa shape index (κ2) is 11.0. The summed E-state index contributed by atoms with van der Waals surface area (Å²) in [5.74, 6) is 1.27. The molecular formula is C25H24ClN5OS. The third-order valence-corrected chi connectivity index (χ3v) is 6.27. The molecule has 1 amide bonds. The van der Waals surface area contributed by atoms with Crippen LogP contribution in [-0.2, 0) is 11.3 Å². The molecule has 0 saturated carbocycles. The van der Waals surface area contributed by atoms with Crippen LogP contribution in [0.15, 0.2) is 84.0 Å². The van der Waals surface area contributed by atoms with Crippen LogP contribution in [0, 0.1) is 6.92 Å². The van der Waals surface area contributed by atoms with Crippen LogP contribution in [0.2, 0.25) is 5.02 Å². The Morgan fingerprint density at radius 3 is 2.39 bits per heavy atom. The van der Waals surface area contributed by atoms with Crippen molar-refractivity contribution in [2.75, 3.05) is 16.4 Å². The minimum absolute atomic E-state index is 0.0946. The van der Waals surface area contributed by atoms with E-state index in [9.17, 15) is 4.79 Å². The van der Waals surface area contributed by atoms with Crippen molar-refractivity contribution in [1.82, 2.24) is 14.8 Å². The van der Waals surface area contributed by atoms with Crippen molar-refractivity contribution in [3.8, 4) is 5.69 Å². The Morgan fingerprint density at radius 1 is 0.939 bits per heavy atom. The van der Waals surface area contributed by atoms with Crippen LogP contribution in [0.3, 0.4) is 0 Å². The number of anilines is 2. The second-order valence-corrected chi connectivity index (χ2v) is 8.83. The third kappa shape index (κ3) is 5.94. The van der Waals surface area contributed by atoms with E-state index in [2.05, 4.69) is 33.8 Å². The molecule has 0 unspecified atom stereocenters. The zero-order valence-corrected chi connectivity index (χ0v) is 19.7. The molecule has 33 heavy (non-hydrogen) atoms. The lowest BCUT2D eigenvalue weighted by molar-refractivity contribution is -0.115. The van der Waals surface area contributed by atoms with Gasteiger partial charge < -0.3 is 10.6 Å². The zero-order valence-electron chi connectivity index (χ0n) is 18.2. The van der Waals surface area contributed by atoms with Gasteiger partial charge in [0.25, 0.3) is 0 Å². The van der Waals surface area contributed by atoms with E-state index in [0.29, 0.717) is 29.4 Å². The molecule has 3 aromatic carbocycles. The minimum Gasteiger partial charge on any atom is -0.378 e. The fourth-order valence-electron chi connectivity index (χ4n) is 3.30. The van der Waals surface area contributed by atoms with E-state index in [1.165, 1.54) is 17.3 Å². The van der Waals surface area contributed by atoms with Crippen molar-refractivity contribution in [3.63, 3.8) is 0 Å². The van der Waals surface area contributed by atoms with Crippen LogP contribution >= 0.6 is 23.4 Å². The second-order valence-electron chi connectivity index (χ2n) is 7.36. The maximum absolute atomic E-state index is 12.4. The Hall–Kier alpha value is -3.29. The molecule has 0 atom stereocenters. The monoisotopic (exact) mass is 477 g/mol. The Morgan fingerprint density at radius 2 is 1.64 bits per heavy atom. The molecule has 168 valence electrons. The first-order valence-electron chi connectivity index (χ1n) is 10.6. The highest BCUT2D eigenvalue weighted by Gasteiger charge is 2.15. The summed E-state index contributed by atoms with van der Waals surface area (Å²) in [5.41, 5.74) is 3.83. The van der Waals surface area contributed by atoms with Gasteiger partial charge in [0.1, 0.15) is 0 Å². The standard InChI is InChI=1S/C25H24ClN5OS/c1-18-9-5-7-13-21(18)27-17-23-29-30-25(31(23)19-10-3-2-4-11-19)33-16-15-24(32)28-22-14-8-6-12-20(22)26/h2-14,27H,15-17H2,1H3,(H,28,32). The predicted octanol–water partition coefficient (Wildman–Crippen LogP) is 5.96. The van der Waals surface area contributed by atoms with E-state index in [4.69, 9.17) is 11.6 Å². The molecule has 2 N–H and O–H groups in total. The SMILES string of the molecule is Cc1ccccc1NCc1nnc(SCCC(=O)Nc2ccccc2Cl)n1-c1ccccc1. The summed E-state index contributed by atoms with van der Waals surface area (Å²) < 4.78 is 2.03. The molecule has 0 radical (unpaired) electrons. The van der Waals surface area contributed by atoms with Gasteiger partial charge in [0, 0.05) is 23.5 Å². The first-order valence-corrected chi connectivity index (χ1v) is 11.9. The lowest BCUT2D eigenvalue weighted by Crippen LogP contribution is -2.13. The number of halogens is 1. The van der Waals surface area contributed by atoms with Crippen molar-refractivity contribution in [2.45, 2.75) is 25.0 Å². The van der Waals surface area contributed by atoms with Gasteiger partial charge in [-0.1, -0.05) is 71.9 Å². The van der Waals surface area contributed by atoms with Crippen molar-refractivity contribution in [1.29, 1.82) is 0 Å². The zero-order chi connectivity index (χ0) is 23.0. The van der Waals surface area contributed by atoms with E-state index in [-0.39, 0.29) is 5.91 Å². The predicted molar refractivity (Wildman–Crippen MR) is 135 cm³/mol. The normalized spacial score (nSPS) is 10.7. The maximum atomic E-state index is 12.4. The van der Waals surface area contributed by atoms with E-state index in [1.807, 2.05) is 65.2 Å². The Bertz CT molecular complexity index is 1230. The van der Waals surface area contributed by atoms with Crippen molar-refractivity contribution in [2.24, 2.45) is 0 Å². The van der Waals surface area contributed by atoms with E-state index < -0.39 is 0 Å². The van der Waals surface area contributed by atoms with Crippen molar-refractivity contribution < 1.29 is 4.79 Å². The van der Waals surface area contributed by atoms with Crippen LogP contribution in [0.1, 0.15) is 17.8 Å². The Kier molecular flexibility index (Phi) is 7.65. The molecule has 1 heterocycles. The number of nitrogens with one attached hydrogen (secondary N) is 2. The maximum Gasteiger partial charge on any atom is 0.225 e. The molecule has 1 aromatic heterocycles. The molecule has 4 rings (SSSR count). The van der Waals surface area contributed by atoms with Crippen LogP contribution in [0.4, 0.5) is 11.4 Å². The summed E-state index contributed by atoms with van der Waals surface area (Å²) >= 11 is 7.62. The lowest BCUT2D eigenvalue weighted by atomic mass is 10.2. The molecule has 4 aromatic rings. The van der Waals surface area contributed by atoms with Gasteiger partial charge in [-0.25, -0.2) is 0 Å². The molecule has 0 aliphatic carbocycles. The van der Waals surface area contributed by atoms with E-state index in [1.54, 1.807) is 12.1 Å². The van der Waals surface area contributed by atoms with Gasteiger partial charge in [-0.3, -0.25) is 9.36 Å². The summed E-state index contributed by atoms with van der Waals surface area (Å²) in [5, 5.41) is 16.4. The number of hydrogen-bond acceptors (Lipinski definition) is 5. The van der Waals surface area contributed by atoms with Crippen LogP contribution < -0.4 is 10.6 Å². The number of carbonyl (C=O) groups excluding carboxylic acids is 1. The average Bonchev–Trinajstić information content (AvgIpc) is 3.23. The number of para-hydroxylation sites is 3. The van der Waals surface area contributed by atoms with Gasteiger partial charge in [0.15, 0.2) is 11.0 Å². The number of benzene rings is 3. The molecular weight excluding hydrogens is 454 g/mol. The molecule has 0 aliphatic rings. The van der Waals surface area contributed by atoms with Gasteiger partial charge in [0.05, 0.1) is 17.3 Å². The molecule has 0 saturated heterocycles. The van der Waals surface area contributed by atoms with Crippen LogP contribution in [0.25, 0.3) is 5.69 Å². The fraction of sp³-hybridized carbons (Fsp3) is 0.160. The highest BCUT2D eigenvalue weighted by atomic mass is 35.5. The Labute approximate surface area is 202 Å². The smallest absolute Gasteiger partial charge is 0.225 e. The van der Waals surface area contributed by atoms with Gasteiger partial charge >= 0.3 is 0 Å². The highest BCUT2D eigenvalue weighted by molar-refractivity contribution is 7.99. The molecule has 0 aliphatic heterocycles. The molecule has 0 fully saturated rings. The largest absolute Gasteiger partial charge is 0.378 e. The summed E-state index contributed by atoms with van der Waals surface area (Å²) in [7, 11) is 0. The first kappa shape index (κ1) is 22.9.